The second-order valence-electron chi connectivity index (χ2n) is 4.66. The van der Waals surface area contributed by atoms with Crippen LogP contribution in [-0.2, 0) is 9.84 Å². The molecule has 114 valence electrons. The van der Waals surface area contributed by atoms with E-state index in [1.165, 1.54) is 6.07 Å². The number of benzene rings is 1. The van der Waals surface area contributed by atoms with Gasteiger partial charge in [0, 0.05) is 11.8 Å². The number of sulfone groups is 1. The first kappa shape index (κ1) is 17.0. The summed E-state index contributed by atoms with van der Waals surface area (Å²) in [6.45, 7) is 4.20. The third-order valence-corrected chi connectivity index (χ3v) is 4.97. The summed E-state index contributed by atoms with van der Waals surface area (Å²) in [7, 11) is -2.99. The Kier molecular flexibility index (Phi) is 6.55. The van der Waals surface area contributed by atoms with Crippen molar-refractivity contribution in [3.8, 4) is 0 Å². The molecule has 0 saturated heterocycles. The average Bonchev–Trinajstić information content (AvgIpc) is 2.41. The van der Waals surface area contributed by atoms with Crippen LogP contribution < -0.4 is 5.32 Å². The lowest BCUT2D eigenvalue weighted by molar-refractivity contribution is 0.484. The van der Waals surface area contributed by atoms with Gasteiger partial charge in [-0.05, 0) is 37.1 Å². The van der Waals surface area contributed by atoms with Crippen LogP contribution in [0.5, 0.6) is 0 Å². The van der Waals surface area contributed by atoms with E-state index in [0.29, 0.717) is 24.9 Å². The molecular formula is C14H21F2NO2S. The van der Waals surface area contributed by atoms with Crippen molar-refractivity contribution in [2.24, 2.45) is 0 Å². The first-order valence-corrected chi connectivity index (χ1v) is 8.60. The Balaban J connectivity index is 2.71. The first-order valence-electron chi connectivity index (χ1n) is 6.78. The minimum atomic E-state index is -2.99. The van der Waals surface area contributed by atoms with Gasteiger partial charge < -0.3 is 5.32 Å². The van der Waals surface area contributed by atoms with Crippen molar-refractivity contribution in [1.29, 1.82) is 0 Å². The molecular weight excluding hydrogens is 284 g/mol. The van der Waals surface area contributed by atoms with Crippen molar-refractivity contribution in [2.45, 2.75) is 32.7 Å². The third kappa shape index (κ3) is 5.17. The molecule has 0 fully saturated rings. The molecule has 1 aromatic carbocycles. The molecule has 0 aliphatic heterocycles. The molecule has 1 rings (SSSR count). The maximum atomic E-state index is 13.2. The van der Waals surface area contributed by atoms with Crippen molar-refractivity contribution in [2.75, 3.05) is 18.1 Å². The molecule has 0 heterocycles. The zero-order valence-corrected chi connectivity index (χ0v) is 12.6. The van der Waals surface area contributed by atoms with Crippen LogP contribution in [0.25, 0.3) is 0 Å². The lowest BCUT2D eigenvalue weighted by Gasteiger charge is -2.18. The lowest BCUT2D eigenvalue weighted by atomic mass is 10.0. The third-order valence-electron chi connectivity index (χ3n) is 3.18. The topological polar surface area (TPSA) is 46.2 Å². The quantitative estimate of drug-likeness (QED) is 0.803. The van der Waals surface area contributed by atoms with Crippen molar-refractivity contribution in [1.82, 2.24) is 5.32 Å². The average molecular weight is 305 g/mol. The Hall–Kier alpha value is -1.01. The van der Waals surface area contributed by atoms with E-state index in [-0.39, 0.29) is 17.5 Å². The SMILES string of the molecule is CCNC(CCCS(=O)(=O)CC)c1ccc(F)c(F)c1. The molecule has 0 aliphatic rings. The summed E-state index contributed by atoms with van der Waals surface area (Å²) in [4.78, 5) is 0. The molecule has 0 amide bonds. The summed E-state index contributed by atoms with van der Waals surface area (Å²) >= 11 is 0. The van der Waals surface area contributed by atoms with Crippen LogP contribution in [0.15, 0.2) is 18.2 Å². The fourth-order valence-electron chi connectivity index (χ4n) is 2.01. The molecule has 20 heavy (non-hydrogen) atoms. The summed E-state index contributed by atoms with van der Waals surface area (Å²) in [5.41, 5.74) is 0.639. The van der Waals surface area contributed by atoms with Crippen molar-refractivity contribution in [3.63, 3.8) is 0 Å². The number of hydrogen-bond donors (Lipinski definition) is 1. The van der Waals surface area contributed by atoms with E-state index in [1.54, 1.807) is 6.92 Å². The van der Waals surface area contributed by atoms with Gasteiger partial charge in [-0.1, -0.05) is 19.9 Å². The van der Waals surface area contributed by atoms with Gasteiger partial charge in [0.1, 0.15) is 9.84 Å². The van der Waals surface area contributed by atoms with Crippen molar-refractivity contribution < 1.29 is 17.2 Å². The normalized spacial score (nSPS) is 13.4. The van der Waals surface area contributed by atoms with E-state index in [0.717, 1.165) is 12.1 Å². The Bertz CT molecular complexity index is 532. The van der Waals surface area contributed by atoms with Crippen LogP contribution in [0.4, 0.5) is 8.78 Å². The highest BCUT2D eigenvalue weighted by atomic mass is 32.2. The van der Waals surface area contributed by atoms with E-state index in [4.69, 9.17) is 0 Å². The molecule has 1 aromatic rings. The molecule has 6 heteroatoms. The molecule has 0 radical (unpaired) electrons. The summed E-state index contributed by atoms with van der Waals surface area (Å²) in [5, 5.41) is 3.17. The number of hydrogen-bond acceptors (Lipinski definition) is 3. The molecule has 1 atom stereocenters. The zero-order chi connectivity index (χ0) is 15.2. The summed E-state index contributed by atoms with van der Waals surface area (Å²) in [6, 6.07) is 3.62. The van der Waals surface area contributed by atoms with Gasteiger partial charge in [0.05, 0.1) is 5.75 Å². The summed E-state index contributed by atoms with van der Waals surface area (Å²) in [5.74, 6) is -1.51. The molecule has 0 spiro atoms. The van der Waals surface area contributed by atoms with Crippen LogP contribution in [0.3, 0.4) is 0 Å². The minimum Gasteiger partial charge on any atom is -0.310 e. The highest BCUT2D eigenvalue weighted by Crippen LogP contribution is 2.21. The van der Waals surface area contributed by atoms with E-state index in [2.05, 4.69) is 5.32 Å². The molecule has 0 saturated carbocycles. The van der Waals surface area contributed by atoms with E-state index < -0.39 is 21.5 Å². The van der Waals surface area contributed by atoms with Gasteiger partial charge in [-0.25, -0.2) is 17.2 Å². The van der Waals surface area contributed by atoms with Gasteiger partial charge in [0.25, 0.3) is 0 Å². The van der Waals surface area contributed by atoms with Crippen molar-refractivity contribution in [3.05, 3.63) is 35.4 Å². The van der Waals surface area contributed by atoms with Gasteiger partial charge in [-0.15, -0.1) is 0 Å². The lowest BCUT2D eigenvalue weighted by Crippen LogP contribution is -2.22. The molecule has 0 bridgehead atoms. The van der Waals surface area contributed by atoms with E-state index >= 15 is 0 Å². The van der Waals surface area contributed by atoms with Gasteiger partial charge in [0.15, 0.2) is 11.6 Å². The highest BCUT2D eigenvalue weighted by Gasteiger charge is 2.15. The Morgan fingerprint density at radius 1 is 1.20 bits per heavy atom. The second kappa shape index (κ2) is 7.69. The molecule has 1 unspecified atom stereocenters. The van der Waals surface area contributed by atoms with Crippen LogP contribution in [0.1, 0.15) is 38.3 Å². The number of nitrogens with one attached hydrogen (secondary N) is 1. The maximum Gasteiger partial charge on any atom is 0.159 e. The van der Waals surface area contributed by atoms with Crippen LogP contribution in [0.2, 0.25) is 0 Å². The second-order valence-corrected chi connectivity index (χ2v) is 7.14. The standard InChI is InChI=1S/C14H21F2NO2S/c1-3-17-14(6-5-9-20(18,19)4-2)11-7-8-12(15)13(16)10-11/h7-8,10,14,17H,3-6,9H2,1-2H3. The van der Waals surface area contributed by atoms with Crippen molar-refractivity contribution >= 4 is 9.84 Å². The smallest absolute Gasteiger partial charge is 0.159 e. The fourth-order valence-corrected chi connectivity index (χ4v) is 2.91. The predicted molar refractivity (Wildman–Crippen MR) is 76.3 cm³/mol. The van der Waals surface area contributed by atoms with E-state index in [9.17, 15) is 17.2 Å². The largest absolute Gasteiger partial charge is 0.310 e. The Morgan fingerprint density at radius 3 is 2.45 bits per heavy atom. The van der Waals surface area contributed by atoms with Gasteiger partial charge in [-0.3, -0.25) is 0 Å². The molecule has 3 nitrogen and oxygen atoms in total. The van der Waals surface area contributed by atoms with E-state index in [1.807, 2.05) is 6.92 Å². The highest BCUT2D eigenvalue weighted by molar-refractivity contribution is 7.91. The van der Waals surface area contributed by atoms with Gasteiger partial charge in [-0.2, -0.15) is 0 Å². The fraction of sp³-hybridized carbons (Fsp3) is 0.571. The summed E-state index contributed by atoms with van der Waals surface area (Å²) < 4.78 is 49.1. The molecule has 1 N–H and O–H groups in total. The summed E-state index contributed by atoms with van der Waals surface area (Å²) in [6.07, 6.45) is 1.06. The monoisotopic (exact) mass is 305 g/mol. The number of rotatable bonds is 8. The predicted octanol–water partition coefficient (Wildman–Crippen LogP) is 2.83. The Labute approximate surface area is 119 Å². The minimum absolute atomic E-state index is 0.120. The zero-order valence-electron chi connectivity index (χ0n) is 11.8. The van der Waals surface area contributed by atoms with Gasteiger partial charge in [0.2, 0.25) is 0 Å². The number of halogens is 2. The van der Waals surface area contributed by atoms with Crippen LogP contribution in [0, 0.1) is 11.6 Å². The maximum absolute atomic E-state index is 13.2. The Morgan fingerprint density at radius 2 is 1.90 bits per heavy atom. The van der Waals surface area contributed by atoms with Crippen LogP contribution in [-0.4, -0.2) is 26.5 Å². The molecule has 0 aromatic heterocycles. The first-order chi connectivity index (χ1) is 9.39. The molecule has 0 aliphatic carbocycles. The van der Waals surface area contributed by atoms with Crippen LogP contribution >= 0.6 is 0 Å². The van der Waals surface area contributed by atoms with Gasteiger partial charge >= 0.3 is 0 Å².